The number of hydrogen-bond acceptors (Lipinski definition) is 6. The van der Waals surface area contributed by atoms with Crippen molar-refractivity contribution >= 4 is 35.2 Å². The quantitative estimate of drug-likeness (QED) is 0.334. The number of carboxylic acids is 1. The van der Waals surface area contributed by atoms with Gasteiger partial charge in [-0.1, -0.05) is 18.9 Å². The van der Waals surface area contributed by atoms with Crippen LogP contribution in [0.15, 0.2) is 36.9 Å². The van der Waals surface area contributed by atoms with Crippen LogP contribution in [0.4, 0.5) is 5.69 Å². The van der Waals surface area contributed by atoms with E-state index in [1.807, 2.05) is 12.1 Å². The molecule has 2 unspecified atom stereocenters. The second-order valence-electron chi connectivity index (χ2n) is 9.50. The fourth-order valence-electron chi connectivity index (χ4n) is 6.06. The molecule has 5 atom stereocenters. The van der Waals surface area contributed by atoms with Crippen molar-refractivity contribution < 1.29 is 29.3 Å². The maximum Gasteiger partial charge on any atom is 0.308 e. The van der Waals surface area contributed by atoms with E-state index in [0.717, 1.165) is 12.8 Å². The van der Waals surface area contributed by atoms with Crippen LogP contribution in [-0.2, 0) is 14.4 Å². The number of unbranched alkanes of at least 4 members (excludes halogenated alkanes) is 3. The number of nitrogens with zero attached hydrogens (tertiary/aromatic N) is 2. The summed E-state index contributed by atoms with van der Waals surface area (Å²) >= 11 is 1.54. The predicted octanol–water partition coefficient (Wildman–Crippen LogP) is 2.94. The van der Waals surface area contributed by atoms with Crippen LogP contribution in [0.1, 0.15) is 38.5 Å². The van der Waals surface area contributed by atoms with E-state index in [4.69, 9.17) is 9.84 Å². The number of anilines is 1. The maximum atomic E-state index is 14.2. The van der Waals surface area contributed by atoms with Crippen molar-refractivity contribution in [1.82, 2.24) is 4.90 Å². The molecule has 1 aromatic rings. The van der Waals surface area contributed by atoms with Gasteiger partial charge in [0, 0.05) is 30.6 Å². The van der Waals surface area contributed by atoms with Crippen molar-refractivity contribution in [1.29, 1.82) is 0 Å². The summed E-state index contributed by atoms with van der Waals surface area (Å²) in [4.78, 5) is 43.5. The van der Waals surface area contributed by atoms with Crippen LogP contribution >= 0.6 is 11.8 Å². The minimum Gasteiger partial charge on any atom is -0.497 e. The van der Waals surface area contributed by atoms with Gasteiger partial charge in [0.15, 0.2) is 0 Å². The second-order valence-corrected chi connectivity index (χ2v) is 11.1. The smallest absolute Gasteiger partial charge is 0.308 e. The van der Waals surface area contributed by atoms with Gasteiger partial charge in [0.1, 0.15) is 11.8 Å². The zero-order valence-electron chi connectivity index (χ0n) is 20.1. The molecule has 0 aromatic heterocycles. The van der Waals surface area contributed by atoms with E-state index in [1.54, 1.807) is 46.9 Å². The van der Waals surface area contributed by atoms with Gasteiger partial charge in [0.25, 0.3) is 5.91 Å². The molecule has 1 spiro atoms. The molecule has 8 nitrogen and oxygen atoms in total. The molecule has 3 aliphatic heterocycles. The van der Waals surface area contributed by atoms with Crippen LogP contribution in [-0.4, -0.2) is 75.7 Å². The van der Waals surface area contributed by atoms with E-state index in [0.29, 0.717) is 43.7 Å². The van der Waals surface area contributed by atoms with Gasteiger partial charge in [-0.3, -0.25) is 14.4 Å². The molecule has 190 valence electrons. The molecule has 2 bridgehead atoms. The Morgan fingerprint density at radius 3 is 2.60 bits per heavy atom. The molecule has 1 aromatic carbocycles. The minimum absolute atomic E-state index is 0.131. The van der Waals surface area contributed by atoms with Crippen LogP contribution in [0.5, 0.6) is 5.75 Å². The van der Waals surface area contributed by atoms with Crippen molar-refractivity contribution in [3.63, 3.8) is 0 Å². The van der Waals surface area contributed by atoms with Crippen LogP contribution in [0, 0.1) is 11.8 Å². The summed E-state index contributed by atoms with van der Waals surface area (Å²) in [6.07, 6.45) is 6.09. The summed E-state index contributed by atoms with van der Waals surface area (Å²) in [5.74, 6) is -2.12. The number of benzene rings is 1. The summed E-state index contributed by atoms with van der Waals surface area (Å²) in [6.45, 7) is 4.64. The van der Waals surface area contributed by atoms with E-state index in [9.17, 15) is 19.5 Å². The molecule has 2 N–H and O–H groups in total. The van der Waals surface area contributed by atoms with Crippen molar-refractivity contribution in [2.24, 2.45) is 11.8 Å². The van der Waals surface area contributed by atoms with E-state index in [-0.39, 0.29) is 30.2 Å². The molecular formula is C26H34N2O6S. The van der Waals surface area contributed by atoms with Crippen molar-refractivity contribution in [2.75, 3.05) is 31.7 Å². The monoisotopic (exact) mass is 502 g/mol. The Balaban J connectivity index is 1.68. The number of likely N-dealkylation sites (tertiary alicyclic amines) is 1. The van der Waals surface area contributed by atoms with Crippen LogP contribution in [0.2, 0.25) is 0 Å². The fraction of sp³-hybridized carbons (Fsp3) is 0.577. The Morgan fingerprint density at radius 2 is 1.97 bits per heavy atom. The lowest BCUT2D eigenvalue weighted by atomic mass is 9.71. The number of carbonyl (C=O) groups is 3. The van der Waals surface area contributed by atoms with Gasteiger partial charge in [-0.15, -0.1) is 18.3 Å². The maximum absolute atomic E-state index is 14.2. The molecule has 3 heterocycles. The fourth-order valence-corrected chi connectivity index (χ4v) is 8.27. The van der Waals surface area contributed by atoms with E-state index in [2.05, 4.69) is 6.58 Å². The van der Waals surface area contributed by atoms with Crippen LogP contribution in [0.3, 0.4) is 0 Å². The number of fused-ring (bicyclic) bond motifs is 1. The molecule has 3 aliphatic rings. The summed E-state index contributed by atoms with van der Waals surface area (Å²) in [6, 6.07) is 6.47. The summed E-state index contributed by atoms with van der Waals surface area (Å²) in [7, 11) is 1.58. The number of thioether (sulfide) groups is 1. The third-order valence-corrected chi connectivity index (χ3v) is 9.54. The van der Waals surface area contributed by atoms with E-state index < -0.39 is 28.6 Å². The summed E-state index contributed by atoms with van der Waals surface area (Å²) < 4.78 is 4.53. The number of carbonyl (C=O) groups excluding carboxylic acids is 2. The summed E-state index contributed by atoms with van der Waals surface area (Å²) in [5, 5.41) is 18.9. The van der Waals surface area contributed by atoms with Gasteiger partial charge < -0.3 is 24.7 Å². The van der Waals surface area contributed by atoms with Crippen LogP contribution < -0.4 is 9.64 Å². The van der Waals surface area contributed by atoms with Gasteiger partial charge in [-0.25, -0.2) is 0 Å². The average molecular weight is 503 g/mol. The highest BCUT2D eigenvalue weighted by Gasteiger charge is 2.73. The Kier molecular flexibility index (Phi) is 7.76. The van der Waals surface area contributed by atoms with E-state index >= 15 is 0 Å². The number of carboxylic acid groups (broad SMARTS) is 1. The highest BCUT2D eigenvalue weighted by atomic mass is 32.2. The molecule has 3 fully saturated rings. The first-order valence-electron chi connectivity index (χ1n) is 12.3. The Bertz CT molecular complexity index is 969. The zero-order valence-corrected chi connectivity index (χ0v) is 20.9. The van der Waals surface area contributed by atoms with Crippen LogP contribution in [0.25, 0.3) is 0 Å². The molecule has 4 rings (SSSR count). The van der Waals surface area contributed by atoms with Crippen molar-refractivity contribution in [2.45, 2.75) is 54.6 Å². The highest BCUT2D eigenvalue weighted by molar-refractivity contribution is 8.02. The lowest BCUT2D eigenvalue weighted by Crippen LogP contribution is -2.55. The Labute approximate surface area is 210 Å². The topological polar surface area (TPSA) is 107 Å². The number of rotatable bonds is 12. The lowest BCUT2D eigenvalue weighted by Gasteiger charge is -2.37. The van der Waals surface area contributed by atoms with Gasteiger partial charge in [-0.2, -0.15) is 0 Å². The SMILES string of the molecule is C=CCN(C(=O)C1N(CCCCCCO)C(=O)[C@@H]2[C@@H](C(=O)O)[C@H]3CCC12S3)c1ccc(OC)cc1. The second kappa shape index (κ2) is 10.6. The highest BCUT2D eigenvalue weighted by Crippen LogP contribution is 2.66. The first kappa shape index (κ1) is 25.6. The number of hydrogen-bond donors (Lipinski definition) is 2. The zero-order chi connectivity index (χ0) is 25.2. The number of aliphatic carboxylic acids is 1. The third-order valence-electron chi connectivity index (χ3n) is 7.59. The molecule has 0 saturated carbocycles. The standard InChI is InChI=1S/C26H34N2O6S/c1-3-14-27(17-8-10-18(34-2)11-9-17)24(31)22-26-13-12-19(35-26)20(25(32)33)21(26)23(30)28(22)15-6-4-5-7-16-29/h3,8-11,19-22,29H,1,4-7,12-16H2,2H3,(H,32,33)/t19-,20+,21+,22?,26?/m1/s1. The predicted molar refractivity (Wildman–Crippen MR) is 135 cm³/mol. The molecule has 0 aliphatic carbocycles. The van der Waals surface area contributed by atoms with E-state index in [1.165, 1.54) is 0 Å². The molecule has 2 amide bonds. The molecule has 0 radical (unpaired) electrons. The first-order valence-corrected chi connectivity index (χ1v) is 13.2. The minimum atomic E-state index is -0.948. The van der Waals surface area contributed by atoms with Gasteiger partial charge in [0.2, 0.25) is 5.91 Å². The number of aliphatic hydroxyl groups is 1. The molecular weight excluding hydrogens is 468 g/mol. The largest absolute Gasteiger partial charge is 0.497 e. The molecule has 35 heavy (non-hydrogen) atoms. The third kappa shape index (κ3) is 4.44. The number of methoxy groups -OCH3 is 1. The molecule has 9 heteroatoms. The normalized spacial score (nSPS) is 28.7. The first-order chi connectivity index (χ1) is 16.9. The Morgan fingerprint density at radius 1 is 1.26 bits per heavy atom. The van der Waals surface area contributed by atoms with Gasteiger partial charge >= 0.3 is 5.97 Å². The summed E-state index contributed by atoms with van der Waals surface area (Å²) in [5.41, 5.74) is 0.679. The number of amides is 2. The average Bonchev–Trinajstić information content (AvgIpc) is 3.49. The number of ether oxygens (including phenoxy) is 1. The van der Waals surface area contributed by atoms with Gasteiger partial charge in [0.05, 0.1) is 23.7 Å². The van der Waals surface area contributed by atoms with Gasteiger partial charge in [-0.05, 0) is 49.9 Å². The Hall–Kier alpha value is -2.52. The number of aliphatic hydroxyl groups excluding tert-OH is 1. The van der Waals surface area contributed by atoms with Crippen molar-refractivity contribution in [3.05, 3.63) is 36.9 Å². The molecule has 3 saturated heterocycles. The van der Waals surface area contributed by atoms with Crippen molar-refractivity contribution in [3.8, 4) is 5.75 Å². The lowest BCUT2D eigenvalue weighted by molar-refractivity contribution is -0.148.